The topological polar surface area (TPSA) is 177 Å². The molecule has 11 heteroatoms. The molecule has 0 radical (unpaired) electrons. The molecule has 4 atom stereocenters. The van der Waals surface area contributed by atoms with Gasteiger partial charge >= 0.3 is 10.3 Å². The lowest BCUT2D eigenvalue weighted by Crippen LogP contribution is -2.48. The van der Waals surface area contributed by atoms with Gasteiger partial charge in [-0.2, -0.15) is 8.42 Å². The molecule has 0 spiro atoms. The second-order valence-corrected chi connectivity index (χ2v) is 4.28. The Hall–Kier alpha value is -0.370. The molecule has 7 N–H and O–H groups in total. The van der Waals surface area contributed by atoms with Gasteiger partial charge < -0.3 is 25.5 Å². The molecule has 0 unspecified atom stereocenters. The number of hydrogen-bond acceptors (Lipinski definition) is 8. The highest BCUT2D eigenvalue weighted by atomic mass is 32.2. The summed E-state index contributed by atoms with van der Waals surface area (Å²) in [5, 5.41) is 45.0. The van der Waals surface area contributed by atoms with E-state index >= 15 is 0 Å². The second kappa shape index (κ2) is 7.15. The first-order valence-corrected chi connectivity index (χ1v) is 5.82. The number of rotatable bonds is 8. The average Bonchev–Trinajstić information content (AvgIpc) is 2.24. The van der Waals surface area contributed by atoms with Crippen LogP contribution in [-0.4, -0.2) is 76.1 Å². The zero-order chi connectivity index (χ0) is 13.6. The smallest absolute Gasteiger partial charge is 0.355 e. The normalized spacial score (nSPS) is 19.6. The van der Waals surface area contributed by atoms with E-state index in [9.17, 15) is 18.6 Å². The van der Waals surface area contributed by atoms with Gasteiger partial charge in [-0.15, -0.1) is 0 Å². The largest absolute Gasteiger partial charge is 0.394 e. The number of aliphatic hydroxyl groups excluding tert-OH is 5. The maximum absolute atomic E-state index is 10.1. The van der Waals surface area contributed by atoms with Crippen molar-refractivity contribution in [1.29, 1.82) is 0 Å². The van der Waals surface area contributed by atoms with Crippen molar-refractivity contribution >= 4 is 10.3 Å². The number of hydrogen-bond donors (Lipinski definition) is 7. The summed E-state index contributed by atoms with van der Waals surface area (Å²) in [6.07, 6.45) is -7.14. The molecule has 0 aromatic carbocycles. The van der Waals surface area contributed by atoms with Gasteiger partial charge in [-0.1, -0.05) is 4.89 Å². The highest BCUT2D eigenvalue weighted by Gasteiger charge is 2.30. The Labute approximate surface area is 96.9 Å². The van der Waals surface area contributed by atoms with E-state index in [-0.39, 0.29) is 0 Å². The average molecular weight is 277 g/mol. The predicted octanol–water partition coefficient (Wildman–Crippen LogP) is -4.25. The minimum atomic E-state index is -4.60. The van der Waals surface area contributed by atoms with Crippen LogP contribution in [0.5, 0.6) is 0 Å². The molecule has 0 heterocycles. The first-order valence-electron chi connectivity index (χ1n) is 4.38. The van der Waals surface area contributed by atoms with Crippen LogP contribution < -0.4 is 4.89 Å². The molecular formula is C6H15NO9S. The Morgan fingerprint density at radius 1 is 1.06 bits per heavy atom. The maximum atomic E-state index is 10.1. The van der Waals surface area contributed by atoms with Gasteiger partial charge in [0.05, 0.1) is 13.2 Å². The lowest BCUT2D eigenvalue weighted by Gasteiger charge is -2.25. The van der Waals surface area contributed by atoms with E-state index in [2.05, 4.69) is 4.84 Å². The minimum Gasteiger partial charge on any atom is -0.394 e. The standard InChI is InChI=1S/C6H15NO9S/c8-1-3(9)5(11)6(12)4(10)2-16-7-17(13,14)15/h3-12H,1-2H2,(H,13,14,15)/t3-,4+,5-,6-/m1/s1. The van der Waals surface area contributed by atoms with Crippen molar-refractivity contribution in [1.82, 2.24) is 4.89 Å². The predicted molar refractivity (Wildman–Crippen MR) is 51.7 cm³/mol. The molecule has 0 bridgehead atoms. The van der Waals surface area contributed by atoms with Crippen molar-refractivity contribution in [2.24, 2.45) is 0 Å². The van der Waals surface area contributed by atoms with Gasteiger partial charge in [-0.3, -0.25) is 9.39 Å². The van der Waals surface area contributed by atoms with Crippen LogP contribution in [0.2, 0.25) is 0 Å². The molecule has 0 aromatic heterocycles. The Kier molecular flexibility index (Phi) is 6.99. The van der Waals surface area contributed by atoms with Crippen LogP contribution in [0, 0.1) is 0 Å². The van der Waals surface area contributed by atoms with Gasteiger partial charge in [-0.05, 0) is 0 Å². The lowest BCUT2D eigenvalue weighted by molar-refractivity contribution is -0.132. The summed E-state index contributed by atoms with van der Waals surface area (Å²) in [6, 6.07) is 0. The van der Waals surface area contributed by atoms with Crippen molar-refractivity contribution in [2.75, 3.05) is 13.2 Å². The molecule has 104 valence electrons. The van der Waals surface area contributed by atoms with Gasteiger partial charge in [0.25, 0.3) is 0 Å². The van der Waals surface area contributed by atoms with Crippen molar-refractivity contribution in [3.63, 3.8) is 0 Å². The zero-order valence-corrected chi connectivity index (χ0v) is 9.36. The number of aliphatic hydroxyl groups is 5. The monoisotopic (exact) mass is 277 g/mol. The summed E-state index contributed by atoms with van der Waals surface area (Å²) >= 11 is 0. The van der Waals surface area contributed by atoms with E-state index in [1.54, 1.807) is 0 Å². The summed E-state index contributed by atoms with van der Waals surface area (Å²) in [6.45, 7) is -1.63. The van der Waals surface area contributed by atoms with Gasteiger partial charge in [0.2, 0.25) is 0 Å². The van der Waals surface area contributed by atoms with Crippen LogP contribution in [0.4, 0.5) is 0 Å². The molecular weight excluding hydrogens is 262 g/mol. The fourth-order valence-electron chi connectivity index (χ4n) is 0.856. The van der Waals surface area contributed by atoms with Crippen LogP contribution >= 0.6 is 0 Å². The van der Waals surface area contributed by atoms with E-state index in [1.165, 1.54) is 0 Å². The fourth-order valence-corrected chi connectivity index (χ4v) is 1.07. The van der Waals surface area contributed by atoms with Gasteiger partial charge in [-0.25, -0.2) is 0 Å². The van der Waals surface area contributed by atoms with Crippen LogP contribution in [0.25, 0.3) is 0 Å². The second-order valence-electron chi connectivity index (χ2n) is 3.17. The molecule has 17 heavy (non-hydrogen) atoms. The molecule has 0 rings (SSSR count). The van der Waals surface area contributed by atoms with E-state index in [0.717, 1.165) is 4.89 Å². The highest BCUT2D eigenvalue weighted by molar-refractivity contribution is 7.83. The quantitative estimate of drug-likeness (QED) is 0.171. The Balaban J connectivity index is 4.09. The van der Waals surface area contributed by atoms with Crippen LogP contribution in [0.3, 0.4) is 0 Å². The lowest BCUT2D eigenvalue weighted by atomic mass is 10.0. The van der Waals surface area contributed by atoms with E-state index in [0.29, 0.717) is 0 Å². The third-order valence-electron chi connectivity index (χ3n) is 1.74. The summed E-state index contributed by atoms with van der Waals surface area (Å²) in [5.74, 6) is 0. The summed E-state index contributed by atoms with van der Waals surface area (Å²) in [5.41, 5.74) is 0. The summed E-state index contributed by atoms with van der Waals surface area (Å²) in [7, 11) is -4.60. The van der Waals surface area contributed by atoms with Crippen molar-refractivity contribution < 1.29 is 43.3 Å². The van der Waals surface area contributed by atoms with E-state index in [4.69, 9.17) is 19.9 Å². The maximum Gasteiger partial charge on any atom is 0.355 e. The highest BCUT2D eigenvalue weighted by Crippen LogP contribution is 2.05. The first kappa shape index (κ1) is 16.6. The molecule has 0 fully saturated rings. The van der Waals surface area contributed by atoms with Crippen molar-refractivity contribution in [3.8, 4) is 0 Å². The SMILES string of the molecule is O=S(=O)(O)NOC[C@H](O)[C@@H](O)[C@H](O)[C@H](O)CO. The van der Waals surface area contributed by atoms with E-state index in [1.807, 2.05) is 0 Å². The summed E-state index contributed by atoms with van der Waals surface area (Å²) in [4.78, 5) is 5.24. The minimum absolute atomic E-state index is 0.795. The van der Waals surface area contributed by atoms with Gasteiger partial charge in [0.15, 0.2) is 0 Å². The molecule has 0 saturated heterocycles. The third-order valence-corrected chi connectivity index (χ3v) is 2.07. The Bertz CT molecular complexity index is 307. The van der Waals surface area contributed by atoms with Crippen molar-refractivity contribution in [2.45, 2.75) is 24.4 Å². The van der Waals surface area contributed by atoms with Crippen molar-refractivity contribution in [3.05, 3.63) is 0 Å². The fraction of sp³-hybridized carbons (Fsp3) is 1.00. The van der Waals surface area contributed by atoms with E-state index < -0.39 is 47.9 Å². The summed E-state index contributed by atoms with van der Waals surface area (Å²) < 4.78 is 28.4. The van der Waals surface area contributed by atoms with Crippen LogP contribution in [0.1, 0.15) is 0 Å². The zero-order valence-electron chi connectivity index (χ0n) is 8.54. The molecule has 0 saturated carbocycles. The first-order chi connectivity index (χ1) is 7.69. The van der Waals surface area contributed by atoms with Crippen LogP contribution in [-0.2, 0) is 15.1 Å². The van der Waals surface area contributed by atoms with Gasteiger partial charge in [0, 0.05) is 0 Å². The van der Waals surface area contributed by atoms with Gasteiger partial charge in [0.1, 0.15) is 24.4 Å². The molecule has 0 amide bonds. The molecule has 0 aliphatic carbocycles. The molecule has 0 aromatic rings. The number of nitrogens with one attached hydrogen (secondary N) is 1. The molecule has 0 aliphatic rings. The van der Waals surface area contributed by atoms with Crippen LogP contribution in [0.15, 0.2) is 0 Å². The molecule has 10 nitrogen and oxygen atoms in total. The Morgan fingerprint density at radius 3 is 1.94 bits per heavy atom. The molecule has 0 aliphatic heterocycles. The Morgan fingerprint density at radius 2 is 1.53 bits per heavy atom. The third kappa shape index (κ3) is 6.82.